The van der Waals surface area contributed by atoms with Gasteiger partial charge in [-0.15, -0.1) is 0 Å². The van der Waals surface area contributed by atoms with Crippen molar-refractivity contribution in [2.24, 2.45) is 0 Å². The molecule has 1 aromatic heterocycles. The highest BCUT2D eigenvalue weighted by molar-refractivity contribution is 5.84. The molecule has 172 valence electrons. The Kier molecular flexibility index (Phi) is 6.60. The number of aromatic nitrogens is 2. The zero-order valence-corrected chi connectivity index (χ0v) is 19.8. The minimum Gasteiger partial charge on any atom is -0.369 e. The Morgan fingerprint density at radius 3 is 2.33 bits per heavy atom. The molecule has 4 rings (SSSR count). The number of anilines is 5. The number of piperazine rings is 1. The fourth-order valence-electron chi connectivity index (χ4n) is 3.79. The summed E-state index contributed by atoms with van der Waals surface area (Å²) in [5.74, 6) is 0.907. The number of rotatable bonds is 6. The van der Waals surface area contributed by atoms with Crippen LogP contribution in [0.15, 0.2) is 54.7 Å². The molecule has 1 saturated heterocycles. The molecule has 7 nitrogen and oxygen atoms in total. The zero-order chi connectivity index (χ0) is 23.4. The second kappa shape index (κ2) is 9.58. The van der Waals surface area contributed by atoms with Crippen LogP contribution in [0.1, 0.15) is 36.7 Å². The Balaban J connectivity index is 1.49. The van der Waals surface area contributed by atoms with Crippen LogP contribution in [0.25, 0.3) is 0 Å². The van der Waals surface area contributed by atoms with Crippen LogP contribution >= 0.6 is 0 Å². The van der Waals surface area contributed by atoms with Crippen molar-refractivity contribution < 1.29 is 4.79 Å². The minimum atomic E-state index is 0.0276. The molecular formula is C26H32N6O. The van der Waals surface area contributed by atoms with E-state index in [1.165, 1.54) is 17.4 Å². The highest BCUT2D eigenvalue weighted by Gasteiger charge is 2.16. The van der Waals surface area contributed by atoms with E-state index >= 15 is 0 Å². The van der Waals surface area contributed by atoms with Crippen LogP contribution in [0.4, 0.5) is 28.8 Å². The number of nitrogens with zero attached hydrogens (tertiary/aromatic N) is 4. The summed E-state index contributed by atoms with van der Waals surface area (Å²) in [4.78, 5) is 25.2. The van der Waals surface area contributed by atoms with Gasteiger partial charge in [0, 0.05) is 49.4 Å². The third-order valence-electron chi connectivity index (χ3n) is 5.93. The van der Waals surface area contributed by atoms with E-state index in [4.69, 9.17) is 0 Å². The van der Waals surface area contributed by atoms with Crippen molar-refractivity contribution in [3.8, 4) is 0 Å². The molecule has 0 spiro atoms. The molecular weight excluding hydrogens is 412 g/mol. The fourth-order valence-corrected chi connectivity index (χ4v) is 3.79. The number of carbonyl (C=O) groups excluding carboxylic acids is 1. The third kappa shape index (κ3) is 5.68. The SMILES string of the molecule is CN1CCN(c2ccc(Nc3ncc(C=O)c(Nc4cccc(C(C)(C)C)c4)n3)cc2)CC1. The first-order chi connectivity index (χ1) is 15.8. The molecule has 7 heteroatoms. The molecule has 0 unspecified atom stereocenters. The molecule has 1 aliphatic rings. The average Bonchev–Trinajstić information content (AvgIpc) is 2.80. The van der Waals surface area contributed by atoms with E-state index in [0.29, 0.717) is 17.3 Å². The maximum Gasteiger partial charge on any atom is 0.229 e. The van der Waals surface area contributed by atoms with Gasteiger partial charge in [0.1, 0.15) is 5.82 Å². The molecule has 3 aromatic rings. The smallest absolute Gasteiger partial charge is 0.229 e. The van der Waals surface area contributed by atoms with E-state index in [0.717, 1.165) is 43.8 Å². The van der Waals surface area contributed by atoms with Crippen LogP contribution in [0, 0.1) is 0 Å². The Bertz CT molecular complexity index is 1100. The van der Waals surface area contributed by atoms with Gasteiger partial charge in [-0.2, -0.15) is 4.98 Å². The van der Waals surface area contributed by atoms with E-state index in [-0.39, 0.29) is 5.41 Å². The summed E-state index contributed by atoms with van der Waals surface area (Å²) in [5.41, 5.74) is 4.63. The van der Waals surface area contributed by atoms with Gasteiger partial charge in [-0.05, 0) is 54.4 Å². The maximum atomic E-state index is 11.6. The number of aldehydes is 1. The predicted molar refractivity (Wildman–Crippen MR) is 135 cm³/mol. The second-order valence-corrected chi connectivity index (χ2v) is 9.53. The zero-order valence-electron chi connectivity index (χ0n) is 19.8. The van der Waals surface area contributed by atoms with Crippen molar-refractivity contribution in [2.45, 2.75) is 26.2 Å². The van der Waals surface area contributed by atoms with Gasteiger partial charge in [0.2, 0.25) is 5.95 Å². The van der Waals surface area contributed by atoms with Crippen LogP contribution in [0.5, 0.6) is 0 Å². The van der Waals surface area contributed by atoms with E-state index in [1.54, 1.807) is 0 Å². The first-order valence-electron chi connectivity index (χ1n) is 11.3. The van der Waals surface area contributed by atoms with E-state index in [2.05, 4.69) is 82.5 Å². The molecule has 1 aliphatic heterocycles. The molecule has 0 radical (unpaired) electrons. The van der Waals surface area contributed by atoms with Crippen molar-refractivity contribution in [3.05, 3.63) is 65.9 Å². The Morgan fingerprint density at radius 2 is 1.67 bits per heavy atom. The standard InChI is InChI=1S/C26H32N6O/c1-26(2,3)20-6-5-7-22(16-20)28-24-19(18-33)17-27-25(30-24)29-21-8-10-23(11-9-21)32-14-12-31(4)13-15-32/h5-11,16-18H,12-15H2,1-4H3,(H2,27,28,29,30). The molecule has 0 atom stereocenters. The molecule has 0 bridgehead atoms. The molecule has 0 amide bonds. The van der Waals surface area contributed by atoms with Gasteiger partial charge in [-0.3, -0.25) is 4.79 Å². The molecule has 1 fully saturated rings. The summed E-state index contributed by atoms with van der Waals surface area (Å²) in [6.45, 7) is 10.7. The highest BCUT2D eigenvalue weighted by Crippen LogP contribution is 2.27. The number of nitrogens with one attached hydrogen (secondary N) is 2. The van der Waals surface area contributed by atoms with Crippen molar-refractivity contribution in [2.75, 3.05) is 48.8 Å². The predicted octanol–water partition coefficient (Wildman–Crippen LogP) is 4.83. The summed E-state index contributed by atoms with van der Waals surface area (Å²) in [6.07, 6.45) is 2.31. The summed E-state index contributed by atoms with van der Waals surface area (Å²) in [6, 6.07) is 16.5. The summed E-state index contributed by atoms with van der Waals surface area (Å²) >= 11 is 0. The van der Waals surface area contributed by atoms with E-state index in [9.17, 15) is 4.79 Å². The normalized spacial score (nSPS) is 14.7. The second-order valence-electron chi connectivity index (χ2n) is 9.53. The molecule has 2 heterocycles. The molecule has 33 heavy (non-hydrogen) atoms. The third-order valence-corrected chi connectivity index (χ3v) is 5.93. The lowest BCUT2D eigenvalue weighted by atomic mass is 9.87. The number of hydrogen-bond donors (Lipinski definition) is 2. The lowest BCUT2D eigenvalue weighted by Crippen LogP contribution is -2.44. The molecule has 2 N–H and O–H groups in total. The first-order valence-corrected chi connectivity index (χ1v) is 11.3. The topological polar surface area (TPSA) is 73.4 Å². The highest BCUT2D eigenvalue weighted by atomic mass is 16.1. The van der Waals surface area contributed by atoms with Crippen molar-refractivity contribution in [1.29, 1.82) is 0 Å². The van der Waals surface area contributed by atoms with Crippen molar-refractivity contribution in [3.63, 3.8) is 0 Å². The van der Waals surface area contributed by atoms with Gasteiger partial charge >= 0.3 is 0 Å². The van der Waals surface area contributed by atoms with E-state index in [1.807, 2.05) is 24.3 Å². The fraction of sp³-hybridized carbons (Fsp3) is 0.346. The van der Waals surface area contributed by atoms with Gasteiger partial charge in [0.15, 0.2) is 6.29 Å². The van der Waals surface area contributed by atoms with Gasteiger partial charge in [-0.1, -0.05) is 32.9 Å². The number of hydrogen-bond acceptors (Lipinski definition) is 7. The lowest BCUT2D eigenvalue weighted by Gasteiger charge is -2.34. The van der Waals surface area contributed by atoms with Crippen LogP contribution < -0.4 is 15.5 Å². The molecule has 0 aliphatic carbocycles. The van der Waals surface area contributed by atoms with Crippen molar-refractivity contribution in [1.82, 2.24) is 14.9 Å². The number of benzene rings is 2. The van der Waals surface area contributed by atoms with Gasteiger partial charge in [-0.25, -0.2) is 4.98 Å². The Labute approximate surface area is 195 Å². The minimum absolute atomic E-state index is 0.0276. The Morgan fingerprint density at radius 1 is 0.939 bits per heavy atom. The van der Waals surface area contributed by atoms with E-state index < -0.39 is 0 Å². The van der Waals surface area contributed by atoms with Crippen LogP contribution in [0.3, 0.4) is 0 Å². The quantitative estimate of drug-likeness (QED) is 0.528. The number of carbonyl (C=O) groups is 1. The lowest BCUT2D eigenvalue weighted by molar-refractivity contribution is 0.112. The monoisotopic (exact) mass is 444 g/mol. The molecule has 2 aromatic carbocycles. The first kappa shape index (κ1) is 22.7. The largest absolute Gasteiger partial charge is 0.369 e. The molecule has 0 saturated carbocycles. The van der Waals surface area contributed by atoms with Gasteiger partial charge in [0.05, 0.1) is 5.56 Å². The van der Waals surface area contributed by atoms with Crippen LogP contribution in [0.2, 0.25) is 0 Å². The van der Waals surface area contributed by atoms with Crippen molar-refractivity contribution >= 4 is 35.1 Å². The van der Waals surface area contributed by atoms with Crippen LogP contribution in [-0.2, 0) is 5.41 Å². The average molecular weight is 445 g/mol. The Hall–Kier alpha value is -3.45. The van der Waals surface area contributed by atoms with Gasteiger partial charge < -0.3 is 20.4 Å². The maximum absolute atomic E-state index is 11.6. The summed E-state index contributed by atoms with van der Waals surface area (Å²) in [7, 11) is 2.16. The van der Waals surface area contributed by atoms with Gasteiger partial charge in [0.25, 0.3) is 0 Å². The van der Waals surface area contributed by atoms with Crippen LogP contribution in [-0.4, -0.2) is 54.4 Å². The summed E-state index contributed by atoms with van der Waals surface area (Å²) < 4.78 is 0. The number of likely N-dealkylation sites (N-methyl/N-ethyl adjacent to an activating group) is 1. The summed E-state index contributed by atoms with van der Waals surface area (Å²) in [5, 5.41) is 6.53.